The largest absolute Gasteiger partial charge is 0.379 e. The smallest absolute Gasteiger partial charge is 0.316 e. The van der Waals surface area contributed by atoms with Gasteiger partial charge >= 0.3 is 6.03 Å². The van der Waals surface area contributed by atoms with Crippen molar-refractivity contribution in [1.82, 2.24) is 15.2 Å². The Bertz CT molecular complexity index is 617. The molecule has 0 unspecified atom stereocenters. The van der Waals surface area contributed by atoms with Crippen molar-refractivity contribution in [2.75, 3.05) is 44.7 Å². The predicted octanol–water partition coefficient (Wildman–Crippen LogP) is 1.76. The summed E-state index contributed by atoms with van der Waals surface area (Å²) >= 11 is 0. The average Bonchev–Trinajstić information content (AvgIpc) is 2.66. The summed E-state index contributed by atoms with van der Waals surface area (Å²) in [5, 5.41) is 5.50. The minimum Gasteiger partial charge on any atom is -0.379 e. The Hall–Kier alpha value is -2.19. The summed E-state index contributed by atoms with van der Waals surface area (Å²) in [5.74, 6) is -0.222. The molecule has 1 aromatic rings. The second kappa shape index (κ2) is 11.5. The van der Waals surface area contributed by atoms with E-state index in [1.165, 1.54) is 0 Å². The molecule has 1 fully saturated rings. The highest BCUT2D eigenvalue weighted by molar-refractivity contribution is 6.04. The molecule has 1 aromatic heterocycles. The molecule has 0 aromatic carbocycles. The number of nitrogens with two attached hydrogens (primary N) is 1. The van der Waals surface area contributed by atoms with Crippen LogP contribution in [0.3, 0.4) is 0 Å². The van der Waals surface area contributed by atoms with Crippen LogP contribution >= 0.6 is 0 Å². The van der Waals surface area contributed by atoms with Crippen molar-refractivity contribution in [3.8, 4) is 0 Å². The SMILES string of the molecule is CCCCCc1nccc(NC(N)=O)c1C(=O)NCCCN1CCOCC1. The standard InChI is InChI=1S/C19H31N5O3/c1-2-3-4-6-15-17(16(7-9-21-15)23-19(20)26)18(25)22-8-5-10-24-11-13-27-14-12-24/h7,9H,2-6,8,10-14H2,1H3,(H,22,25)(H3,20,21,23,26). The first-order valence-electron chi connectivity index (χ1n) is 9.74. The van der Waals surface area contributed by atoms with E-state index in [1.54, 1.807) is 12.3 Å². The van der Waals surface area contributed by atoms with Crippen LogP contribution in [0.5, 0.6) is 0 Å². The van der Waals surface area contributed by atoms with Crippen LogP contribution in [0, 0.1) is 0 Å². The van der Waals surface area contributed by atoms with Crippen molar-refractivity contribution in [3.05, 3.63) is 23.5 Å². The van der Waals surface area contributed by atoms with Gasteiger partial charge in [-0.3, -0.25) is 14.7 Å². The van der Waals surface area contributed by atoms with Crippen molar-refractivity contribution in [3.63, 3.8) is 0 Å². The molecule has 8 nitrogen and oxygen atoms in total. The molecule has 2 heterocycles. The number of carbonyl (C=O) groups is 2. The van der Waals surface area contributed by atoms with Crippen molar-refractivity contribution in [1.29, 1.82) is 0 Å². The lowest BCUT2D eigenvalue weighted by Gasteiger charge is -2.26. The summed E-state index contributed by atoms with van der Waals surface area (Å²) in [5.41, 5.74) is 6.77. The number of aryl methyl sites for hydroxylation is 1. The van der Waals surface area contributed by atoms with Crippen LogP contribution < -0.4 is 16.4 Å². The summed E-state index contributed by atoms with van der Waals surface area (Å²) < 4.78 is 5.34. The zero-order valence-electron chi connectivity index (χ0n) is 16.1. The molecule has 1 aliphatic rings. The van der Waals surface area contributed by atoms with E-state index in [-0.39, 0.29) is 5.91 Å². The van der Waals surface area contributed by atoms with Crippen LogP contribution in [0.4, 0.5) is 10.5 Å². The number of rotatable bonds is 10. The molecule has 150 valence electrons. The van der Waals surface area contributed by atoms with Gasteiger partial charge in [-0.2, -0.15) is 0 Å². The van der Waals surface area contributed by atoms with Gasteiger partial charge in [-0.15, -0.1) is 0 Å². The van der Waals surface area contributed by atoms with Crippen LogP contribution in [0.15, 0.2) is 12.3 Å². The molecule has 3 amide bonds. The van der Waals surface area contributed by atoms with Crippen LogP contribution in [0.2, 0.25) is 0 Å². The zero-order valence-corrected chi connectivity index (χ0v) is 16.1. The normalized spacial score (nSPS) is 14.7. The van der Waals surface area contributed by atoms with Gasteiger partial charge in [-0.25, -0.2) is 4.79 Å². The molecule has 4 N–H and O–H groups in total. The lowest BCUT2D eigenvalue weighted by molar-refractivity contribution is 0.0374. The fourth-order valence-electron chi connectivity index (χ4n) is 3.15. The molecule has 1 saturated heterocycles. The fourth-order valence-corrected chi connectivity index (χ4v) is 3.15. The Kier molecular flexibility index (Phi) is 9.00. The highest BCUT2D eigenvalue weighted by atomic mass is 16.5. The molecule has 0 atom stereocenters. The first-order valence-corrected chi connectivity index (χ1v) is 9.74. The van der Waals surface area contributed by atoms with Crippen molar-refractivity contribution >= 4 is 17.6 Å². The molecular weight excluding hydrogens is 346 g/mol. The molecule has 1 aliphatic heterocycles. The third-order valence-corrected chi connectivity index (χ3v) is 4.57. The third-order valence-electron chi connectivity index (χ3n) is 4.57. The van der Waals surface area contributed by atoms with E-state index in [9.17, 15) is 9.59 Å². The number of nitrogens with zero attached hydrogens (tertiary/aromatic N) is 2. The summed E-state index contributed by atoms with van der Waals surface area (Å²) in [6, 6.07) is 0.915. The minimum absolute atomic E-state index is 0.222. The maximum Gasteiger partial charge on any atom is 0.316 e. The van der Waals surface area contributed by atoms with Crippen molar-refractivity contribution < 1.29 is 14.3 Å². The Morgan fingerprint density at radius 1 is 1.26 bits per heavy atom. The lowest BCUT2D eigenvalue weighted by atomic mass is 10.0. The number of morpholine rings is 1. The molecule has 0 radical (unpaired) electrons. The lowest BCUT2D eigenvalue weighted by Crippen LogP contribution is -2.38. The Morgan fingerprint density at radius 3 is 2.74 bits per heavy atom. The molecule has 0 saturated carbocycles. The van der Waals surface area contributed by atoms with Gasteiger partial charge in [-0.05, 0) is 31.9 Å². The number of anilines is 1. The van der Waals surface area contributed by atoms with Crippen LogP contribution in [0.1, 0.15) is 48.7 Å². The number of hydrogen-bond acceptors (Lipinski definition) is 5. The number of ether oxygens (including phenoxy) is 1. The summed E-state index contributed by atoms with van der Waals surface area (Å²) in [6.45, 7) is 7.02. The number of aromatic nitrogens is 1. The van der Waals surface area contributed by atoms with Gasteiger partial charge in [0, 0.05) is 25.8 Å². The predicted molar refractivity (Wildman–Crippen MR) is 105 cm³/mol. The Balaban J connectivity index is 1.96. The van der Waals surface area contributed by atoms with Gasteiger partial charge in [0.2, 0.25) is 0 Å². The maximum atomic E-state index is 12.8. The van der Waals surface area contributed by atoms with Gasteiger partial charge in [0.15, 0.2) is 0 Å². The summed E-state index contributed by atoms with van der Waals surface area (Å²) in [6.07, 6.45) is 6.25. The van der Waals surface area contributed by atoms with E-state index >= 15 is 0 Å². The average molecular weight is 377 g/mol. The number of pyridine rings is 1. The van der Waals surface area contributed by atoms with Gasteiger partial charge in [-0.1, -0.05) is 19.8 Å². The van der Waals surface area contributed by atoms with Crippen LogP contribution in [-0.4, -0.2) is 61.2 Å². The van der Waals surface area contributed by atoms with Crippen molar-refractivity contribution in [2.24, 2.45) is 5.73 Å². The molecule has 27 heavy (non-hydrogen) atoms. The number of carbonyl (C=O) groups excluding carboxylic acids is 2. The van der Waals surface area contributed by atoms with E-state index in [0.29, 0.717) is 29.9 Å². The summed E-state index contributed by atoms with van der Waals surface area (Å²) in [7, 11) is 0. The first kappa shape index (κ1) is 21.1. The van der Waals surface area contributed by atoms with Gasteiger partial charge < -0.3 is 21.1 Å². The molecule has 2 rings (SSSR count). The van der Waals surface area contributed by atoms with Gasteiger partial charge in [0.25, 0.3) is 5.91 Å². The number of unbranched alkanes of at least 4 members (excludes halogenated alkanes) is 2. The Labute approximate surface area is 160 Å². The molecule has 0 bridgehead atoms. The van der Waals surface area contributed by atoms with Gasteiger partial charge in [0.1, 0.15) is 0 Å². The van der Waals surface area contributed by atoms with Crippen LogP contribution in [0.25, 0.3) is 0 Å². The first-order chi connectivity index (χ1) is 13.1. The fraction of sp³-hybridized carbons (Fsp3) is 0.632. The van der Waals surface area contributed by atoms with Crippen LogP contribution in [-0.2, 0) is 11.2 Å². The topological polar surface area (TPSA) is 110 Å². The third kappa shape index (κ3) is 7.15. The second-order valence-electron chi connectivity index (χ2n) is 6.69. The van der Waals surface area contributed by atoms with Crippen molar-refractivity contribution in [2.45, 2.75) is 39.0 Å². The number of hydrogen-bond donors (Lipinski definition) is 3. The number of primary amides is 1. The molecule has 0 aliphatic carbocycles. The van der Waals surface area contributed by atoms with E-state index in [0.717, 1.165) is 58.5 Å². The van der Waals surface area contributed by atoms with E-state index < -0.39 is 6.03 Å². The number of urea groups is 1. The quantitative estimate of drug-likeness (QED) is 0.538. The van der Waals surface area contributed by atoms with E-state index in [1.807, 2.05) is 0 Å². The zero-order chi connectivity index (χ0) is 19.5. The molecular formula is C19H31N5O3. The number of amides is 3. The van der Waals surface area contributed by atoms with E-state index in [2.05, 4.69) is 27.4 Å². The highest BCUT2D eigenvalue weighted by Gasteiger charge is 2.18. The molecule has 0 spiro atoms. The monoisotopic (exact) mass is 377 g/mol. The summed E-state index contributed by atoms with van der Waals surface area (Å²) in [4.78, 5) is 30.8. The highest BCUT2D eigenvalue weighted by Crippen LogP contribution is 2.20. The number of nitrogens with one attached hydrogen (secondary N) is 2. The van der Waals surface area contributed by atoms with E-state index in [4.69, 9.17) is 10.5 Å². The maximum absolute atomic E-state index is 12.8. The van der Waals surface area contributed by atoms with Gasteiger partial charge in [0.05, 0.1) is 30.2 Å². The second-order valence-corrected chi connectivity index (χ2v) is 6.69. The minimum atomic E-state index is -0.693. The Morgan fingerprint density at radius 2 is 2.04 bits per heavy atom. The molecule has 8 heteroatoms.